The van der Waals surface area contributed by atoms with Crippen molar-refractivity contribution in [3.8, 4) is 11.5 Å². The number of rotatable bonds is 5. The van der Waals surface area contributed by atoms with Crippen LogP contribution in [0.25, 0.3) is 0 Å². The molecule has 2 aliphatic rings. The van der Waals surface area contributed by atoms with Crippen molar-refractivity contribution in [1.82, 2.24) is 4.90 Å². The molecule has 2 aromatic rings. The van der Waals surface area contributed by atoms with Crippen LogP contribution in [-0.4, -0.2) is 44.0 Å². The second-order valence-electron chi connectivity index (χ2n) is 8.25. The van der Waals surface area contributed by atoms with Crippen molar-refractivity contribution in [2.45, 2.75) is 31.5 Å². The average molecular weight is 462 g/mol. The molecule has 2 amide bonds. The number of likely N-dealkylation sites (tertiary alicyclic amines) is 1. The molecule has 33 heavy (non-hydrogen) atoms. The Morgan fingerprint density at radius 1 is 1.09 bits per heavy atom. The Labute approximate surface area is 189 Å². The minimum Gasteiger partial charge on any atom is -0.497 e. The summed E-state index contributed by atoms with van der Waals surface area (Å²) in [6.45, 7) is 0.606. The van der Waals surface area contributed by atoms with Crippen LogP contribution in [0.5, 0.6) is 11.5 Å². The van der Waals surface area contributed by atoms with Crippen molar-refractivity contribution < 1.29 is 32.2 Å². The summed E-state index contributed by atoms with van der Waals surface area (Å²) in [6, 6.07) is 9.90. The molecule has 0 N–H and O–H groups in total. The number of hydrogen-bond donors (Lipinski definition) is 0. The molecule has 0 spiro atoms. The van der Waals surface area contributed by atoms with Crippen LogP contribution >= 0.6 is 0 Å². The van der Waals surface area contributed by atoms with Gasteiger partial charge in [-0.1, -0.05) is 6.07 Å². The number of amides is 2. The standard InChI is InChI=1S/C24H25F3N2O4/c1-32-18-8-9-19(21(13-18)33-2)20-7-4-10-28(20)23(31)15-11-22(30)29(14-15)17-6-3-5-16(12-17)24(25,26)27/h3,5-6,8-9,12-13,15,20H,4,7,10-11,14H2,1-2H3. The lowest BCUT2D eigenvalue weighted by atomic mass is 10.0. The van der Waals surface area contributed by atoms with Crippen LogP contribution in [0.15, 0.2) is 42.5 Å². The van der Waals surface area contributed by atoms with E-state index in [9.17, 15) is 22.8 Å². The van der Waals surface area contributed by atoms with Gasteiger partial charge in [0, 0.05) is 36.8 Å². The largest absolute Gasteiger partial charge is 0.497 e. The number of alkyl halides is 3. The molecule has 4 rings (SSSR count). The first-order valence-electron chi connectivity index (χ1n) is 10.7. The summed E-state index contributed by atoms with van der Waals surface area (Å²) < 4.78 is 50.0. The molecule has 9 heteroatoms. The Hall–Kier alpha value is -3.23. The molecule has 2 saturated heterocycles. The van der Waals surface area contributed by atoms with Gasteiger partial charge in [-0.3, -0.25) is 9.59 Å². The number of hydrogen-bond acceptors (Lipinski definition) is 4. The molecule has 0 saturated carbocycles. The number of halogens is 3. The molecule has 0 aliphatic carbocycles. The predicted molar refractivity (Wildman–Crippen MR) is 115 cm³/mol. The van der Waals surface area contributed by atoms with E-state index in [4.69, 9.17) is 9.47 Å². The Balaban J connectivity index is 1.54. The molecule has 6 nitrogen and oxygen atoms in total. The van der Waals surface area contributed by atoms with E-state index in [0.717, 1.165) is 30.5 Å². The molecular formula is C24H25F3N2O4. The maximum atomic E-state index is 13.4. The molecule has 2 aromatic carbocycles. The average Bonchev–Trinajstić information content (AvgIpc) is 3.44. The minimum atomic E-state index is -4.51. The van der Waals surface area contributed by atoms with Crippen molar-refractivity contribution in [3.05, 3.63) is 53.6 Å². The first-order valence-corrected chi connectivity index (χ1v) is 10.7. The third-order valence-electron chi connectivity index (χ3n) is 6.29. The molecule has 2 heterocycles. The third-order valence-corrected chi connectivity index (χ3v) is 6.29. The lowest BCUT2D eigenvalue weighted by molar-refractivity contribution is -0.137. The molecule has 2 unspecified atom stereocenters. The van der Waals surface area contributed by atoms with Crippen LogP contribution in [0, 0.1) is 5.92 Å². The van der Waals surface area contributed by atoms with Crippen LogP contribution in [0.2, 0.25) is 0 Å². The van der Waals surface area contributed by atoms with E-state index in [1.165, 1.54) is 17.0 Å². The molecule has 176 valence electrons. The number of nitrogens with zero attached hydrogens (tertiary/aromatic N) is 2. The van der Waals surface area contributed by atoms with Gasteiger partial charge in [0.05, 0.1) is 31.7 Å². The zero-order valence-electron chi connectivity index (χ0n) is 18.4. The van der Waals surface area contributed by atoms with Crippen molar-refractivity contribution >= 4 is 17.5 Å². The number of benzene rings is 2. The number of anilines is 1. The van der Waals surface area contributed by atoms with Crippen molar-refractivity contribution in [3.63, 3.8) is 0 Å². The van der Waals surface area contributed by atoms with Crippen molar-refractivity contribution in [2.24, 2.45) is 5.92 Å². The second kappa shape index (κ2) is 8.96. The highest BCUT2D eigenvalue weighted by atomic mass is 19.4. The lowest BCUT2D eigenvalue weighted by Crippen LogP contribution is -2.37. The maximum absolute atomic E-state index is 13.4. The van der Waals surface area contributed by atoms with Crippen LogP contribution < -0.4 is 14.4 Å². The fraction of sp³-hybridized carbons (Fsp3) is 0.417. The maximum Gasteiger partial charge on any atom is 0.416 e. The summed E-state index contributed by atoms with van der Waals surface area (Å²) in [5.41, 5.74) is 0.192. The normalized spacial score (nSPS) is 20.9. The topological polar surface area (TPSA) is 59.1 Å². The van der Waals surface area contributed by atoms with Gasteiger partial charge in [-0.05, 0) is 43.2 Å². The summed E-state index contributed by atoms with van der Waals surface area (Å²) in [4.78, 5) is 29.1. The number of carbonyl (C=O) groups excluding carboxylic acids is 2. The van der Waals surface area contributed by atoms with E-state index in [0.29, 0.717) is 18.0 Å². The first kappa shape index (κ1) is 22.9. The molecule has 0 aromatic heterocycles. The van der Waals surface area contributed by atoms with E-state index in [1.807, 2.05) is 12.1 Å². The second-order valence-corrected chi connectivity index (χ2v) is 8.25. The van der Waals surface area contributed by atoms with E-state index in [2.05, 4.69) is 0 Å². The van der Waals surface area contributed by atoms with Crippen molar-refractivity contribution in [2.75, 3.05) is 32.2 Å². The van der Waals surface area contributed by atoms with E-state index in [-0.39, 0.29) is 36.5 Å². The van der Waals surface area contributed by atoms with Gasteiger partial charge in [0.25, 0.3) is 0 Å². The van der Waals surface area contributed by atoms with Gasteiger partial charge in [0.2, 0.25) is 11.8 Å². The zero-order chi connectivity index (χ0) is 23.8. The summed E-state index contributed by atoms with van der Waals surface area (Å²) in [5.74, 6) is 0.122. The van der Waals surface area contributed by atoms with Gasteiger partial charge >= 0.3 is 6.18 Å². The van der Waals surface area contributed by atoms with Crippen LogP contribution in [-0.2, 0) is 15.8 Å². The summed E-state index contributed by atoms with van der Waals surface area (Å²) in [7, 11) is 3.12. The lowest BCUT2D eigenvalue weighted by Gasteiger charge is -2.29. The Morgan fingerprint density at radius 2 is 1.88 bits per heavy atom. The van der Waals surface area contributed by atoms with Gasteiger partial charge in [-0.2, -0.15) is 13.2 Å². The Morgan fingerprint density at radius 3 is 2.58 bits per heavy atom. The first-order chi connectivity index (χ1) is 15.7. The minimum absolute atomic E-state index is 0.0297. The van der Waals surface area contributed by atoms with Crippen LogP contribution in [0.4, 0.5) is 18.9 Å². The Bertz CT molecular complexity index is 1060. The van der Waals surface area contributed by atoms with E-state index >= 15 is 0 Å². The van der Waals surface area contributed by atoms with E-state index < -0.39 is 17.7 Å². The Kier molecular flexibility index (Phi) is 6.23. The molecule has 2 atom stereocenters. The summed E-state index contributed by atoms with van der Waals surface area (Å²) in [6.07, 6.45) is -2.97. The van der Waals surface area contributed by atoms with Gasteiger partial charge in [-0.25, -0.2) is 0 Å². The monoisotopic (exact) mass is 462 g/mol. The van der Waals surface area contributed by atoms with Crippen LogP contribution in [0.1, 0.15) is 36.4 Å². The predicted octanol–water partition coefficient (Wildman–Crippen LogP) is 4.44. The highest BCUT2D eigenvalue weighted by molar-refractivity contribution is 6.00. The van der Waals surface area contributed by atoms with E-state index in [1.54, 1.807) is 25.2 Å². The molecule has 2 aliphatic heterocycles. The van der Waals surface area contributed by atoms with Gasteiger partial charge in [0.15, 0.2) is 0 Å². The molecule has 0 radical (unpaired) electrons. The highest BCUT2D eigenvalue weighted by Crippen LogP contribution is 2.40. The van der Waals surface area contributed by atoms with Gasteiger partial charge in [-0.15, -0.1) is 0 Å². The van der Waals surface area contributed by atoms with Crippen LogP contribution in [0.3, 0.4) is 0 Å². The third kappa shape index (κ3) is 4.49. The zero-order valence-corrected chi connectivity index (χ0v) is 18.4. The summed E-state index contributed by atoms with van der Waals surface area (Å²) in [5, 5.41) is 0. The SMILES string of the molecule is COc1ccc(C2CCCN2C(=O)C2CC(=O)N(c3cccc(C(F)(F)F)c3)C2)c(OC)c1. The number of carbonyl (C=O) groups is 2. The molecule has 0 bridgehead atoms. The smallest absolute Gasteiger partial charge is 0.416 e. The van der Waals surface area contributed by atoms with Crippen molar-refractivity contribution in [1.29, 1.82) is 0 Å². The molecular weight excluding hydrogens is 437 g/mol. The fourth-order valence-corrected chi connectivity index (χ4v) is 4.65. The van der Waals surface area contributed by atoms with Gasteiger partial charge in [0.1, 0.15) is 11.5 Å². The number of ether oxygens (including phenoxy) is 2. The van der Waals surface area contributed by atoms with Gasteiger partial charge < -0.3 is 19.3 Å². The highest BCUT2D eigenvalue weighted by Gasteiger charge is 2.41. The number of methoxy groups -OCH3 is 2. The summed E-state index contributed by atoms with van der Waals surface area (Å²) >= 11 is 0. The molecule has 2 fully saturated rings. The quantitative estimate of drug-likeness (QED) is 0.659. The fourth-order valence-electron chi connectivity index (χ4n) is 4.65.